The summed E-state index contributed by atoms with van der Waals surface area (Å²) in [6, 6.07) is 7.18. The second-order valence-electron chi connectivity index (χ2n) is 5.01. The molecule has 3 rings (SSSR count). The summed E-state index contributed by atoms with van der Waals surface area (Å²) < 4.78 is 2.24. The molecule has 1 aromatic carbocycles. The van der Waals surface area contributed by atoms with Gasteiger partial charge in [-0.05, 0) is 49.4 Å². The van der Waals surface area contributed by atoms with Gasteiger partial charge in [-0.15, -0.1) is 0 Å². The van der Waals surface area contributed by atoms with Gasteiger partial charge >= 0.3 is 0 Å². The zero-order chi connectivity index (χ0) is 12.5. The highest BCUT2D eigenvalue weighted by Crippen LogP contribution is 2.37. The van der Waals surface area contributed by atoms with Crippen LogP contribution < -0.4 is 5.32 Å². The average molecular weight is 241 g/mol. The molecule has 0 bridgehead atoms. The minimum atomic E-state index is 0.658. The lowest BCUT2D eigenvalue weighted by Gasteiger charge is -2.11. The molecular weight excluding hydrogens is 222 g/mol. The van der Waals surface area contributed by atoms with E-state index < -0.39 is 0 Å². The number of nitrogens with zero attached hydrogens (tertiary/aromatic N) is 2. The number of anilines is 2. The van der Waals surface area contributed by atoms with Crippen molar-refractivity contribution >= 4 is 11.6 Å². The number of nitrogens with one attached hydrogen (secondary N) is 1. The zero-order valence-electron chi connectivity index (χ0n) is 11.0. The van der Waals surface area contributed by atoms with Crippen molar-refractivity contribution in [2.45, 2.75) is 39.2 Å². The van der Waals surface area contributed by atoms with Crippen LogP contribution in [0.2, 0.25) is 0 Å². The maximum absolute atomic E-state index is 4.40. The van der Waals surface area contributed by atoms with Gasteiger partial charge in [0.15, 0.2) is 0 Å². The second kappa shape index (κ2) is 4.48. The molecule has 2 aromatic rings. The molecular formula is C15H19N3. The van der Waals surface area contributed by atoms with E-state index in [0.29, 0.717) is 6.04 Å². The Labute approximate surface area is 108 Å². The molecule has 1 aliphatic rings. The lowest BCUT2D eigenvalue weighted by atomic mass is 10.1. The third kappa shape index (κ3) is 2.13. The monoisotopic (exact) mass is 241 g/mol. The molecule has 94 valence electrons. The first-order valence-electron chi connectivity index (χ1n) is 6.67. The van der Waals surface area contributed by atoms with Crippen LogP contribution in [0.25, 0.3) is 0 Å². The van der Waals surface area contributed by atoms with Crippen molar-refractivity contribution < 1.29 is 0 Å². The molecule has 0 unspecified atom stereocenters. The Kier molecular flexibility index (Phi) is 2.82. The van der Waals surface area contributed by atoms with Crippen LogP contribution in [0.3, 0.4) is 0 Å². The van der Waals surface area contributed by atoms with Gasteiger partial charge in [0.1, 0.15) is 0 Å². The molecule has 0 spiro atoms. The summed E-state index contributed by atoms with van der Waals surface area (Å²) in [5, 5.41) is 3.43. The van der Waals surface area contributed by atoms with Gasteiger partial charge in [0.2, 0.25) is 5.95 Å². The summed E-state index contributed by atoms with van der Waals surface area (Å²) in [6.07, 6.45) is 7.56. The quantitative estimate of drug-likeness (QED) is 0.881. The predicted octanol–water partition coefficient (Wildman–Crippen LogP) is 3.83. The molecule has 0 amide bonds. The largest absolute Gasteiger partial charge is 0.326 e. The van der Waals surface area contributed by atoms with Gasteiger partial charge in [-0.3, -0.25) is 0 Å². The lowest BCUT2D eigenvalue weighted by molar-refractivity contribution is 0.751. The number of imidazole rings is 1. The first kappa shape index (κ1) is 11.3. The standard InChI is InChI=1S/C15H19N3/c1-3-12-10-13(5-4-11(12)2)17-15-16-8-9-18(15)14-6-7-14/h4-5,8-10,14H,3,6-7H2,1-2H3,(H,16,17). The van der Waals surface area contributed by atoms with Crippen molar-refractivity contribution in [2.24, 2.45) is 0 Å². The highest BCUT2D eigenvalue weighted by molar-refractivity contribution is 5.56. The van der Waals surface area contributed by atoms with Crippen LogP contribution in [0.5, 0.6) is 0 Å². The van der Waals surface area contributed by atoms with Crippen molar-refractivity contribution in [3.8, 4) is 0 Å². The Hall–Kier alpha value is -1.77. The maximum atomic E-state index is 4.40. The normalized spacial score (nSPS) is 14.8. The van der Waals surface area contributed by atoms with Crippen molar-refractivity contribution in [3.63, 3.8) is 0 Å². The molecule has 0 radical (unpaired) electrons. The zero-order valence-corrected chi connectivity index (χ0v) is 11.0. The molecule has 1 aliphatic carbocycles. The first-order valence-corrected chi connectivity index (χ1v) is 6.67. The number of rotatable bonds is 4. The van der Waals surface area contributed by atoms with Crippen LogP contribution in [0.15, 0.2) is 30.6 Å². The Morgan fingerprint density at radius 2 is 2.22 bits per heavy atom. The lowest BCUT2D eigenvalue weighted by Crippen LogP contribution is -2.02. The number of hydrogen-bond donors (Lipinski definition) is 1. The van der Waals surface area contributed by atoms with Gasteiger partial charge in [0.25, 0.3) is 0 Å². The maximum Gasteiger partial charge on any atom is 0.207 e. The molecule has 3 heteroatoms. The average Bonchev–Trinajstić information content (AvgIpc) is 3.12. The fourth-order valence-corrected chi connectivity index (χ4v) is 2.32. The van der Waals surface area contributed by atoms with Crippen LogP contribution in [0.1, 0.15) is 36.9 Å². The van der Waals surface area contributed by atoms with Gasteiger partial charge in [-0.25, -0.2) is 4.98 Å². The first-order chi connectivity index (χ1) is 8.78. The van der Waals surface area contributed by atoms with E-state index in [1.165, 1.54) is 24.0 Å². The minimum Gasteiger partial charge on any atom is -0.326 e. The van der Waals surface area contributed by atoms with Crippen LogP contribution in [-0.4, -0.2) is 9.55 Å². The van der Waals surface area contributed by atoms with E-state index in [-0.39, 0.29) is 0 Å². The molecule has 1 fully saturated rings. The highest BCUT2D eigenvalue weighted by Gasteiger charge is 2.25. The summed E-state index contributed by atoms with van der Waals surface area (Å²) in [5.74, 6) is 0.961. The molecule has 0 atom stereocenters. The van der Waals surface area contributed by atoms with Crippen LogP contribution in [0, 0.1) is 6.92 Å². The highest BCUT2D eigenvalue weighted by atomic mass is 15.2. The summed E-state index contributed by atoms with van der Waals surface area (Å²) >= 11 is 0. The Morgan fingerprint density at radius 3 is 2.94 bits per heavy atom. The van der Waals surface area contributed by atoms with E-state index in [1.807, 2.05) is 6.20 Å². The summed E-state index contributed by atoms with van der Waals surface area (Å²) in [5.41, 5.74) is 3.88. The van der Waals surface area contributed by atoms with E-state index in [4.69, 9.17) is 0 Å². The Morgan fingerprint density at radius 1 is 1.39 bits per heavy atom. The van der Waals surface area contributed by atoms with Crippen molar-refractivity contribution in [1.82, 2.24) is 9.55 Å². The summed E-state index contributed by atoms with van der Waals surface area (Å²) in [4.78, 5) is 4.40. The summed E-state index contributed by atoms with van der Waals surface area (Å²) in [7, 11) is 0. The third-order valence-electron chi connectivity index (χ3n) is 3.60. The van der Waals surface area contributed by atoms with Crippen molar-refractivity contribution in [3.05, 3.63) is 41.7 Å². The van der Waals surface area contributed by atoms with Crippen LogP contribution in [0.4, 0.5) is 11.6 Å². The van der Waals surface area contributed by atoms with Gasteiger partial charge in [-0.1, -0.05) is 13.0 Å². The van der Waals surface area contributed by atoms with Crippen LogP contribution >= 0.6 is 0 Å². The Bertz CT molecular complexity index is 553. The Balaban J connectivity index is 1.85. The van der Waals surface area contributed by atoms with Gasteiger partial charge in [0, 0.05) is 24.1 Å². The number of hydrogen-bond acceptors (Lipinski definition) is 2. The van der Waals surface area contributed by atoms with E-state index in [0.717, 1.165) is 18.1 Å². The molecule has 0 saturated heterocycles. The van der Waals surface area contributed by atoms with E-state index in [1.54, 1.807) is 0 Å². The van der Waals surface area contributed by atoms with E-state index >= 15 is 0 Å². The topological polar surface area (TPSA) is 29.9 Å². The molecule has 1 saturated carbocycles. The van der Waals surface area contributed by atoms with E-state index in [2.05, 4.69) is 53.1 Å². The molecule has 1 heterocycles. The fourth-order valence-electron chi connectivity index (χ4n) is 2.32. The summed E-state index contributed by atoms with van der Waals surface area (Å²) in [6.45, 7) is 4.35. The van der Waals surface area contributed by atoms with Gasteiger partial charge < -0.3 is 9.88 Å². The SMILES string of the molecule is CCc1cc(Nc2nccn2C2CC2)ccc1C. The van der Waals surface area contributed by atoms with E-state index in [9.17, 15) is 0 Å². The van der Waals surface area contributed by atoms with Gasteiger partial charge in [-0.2, -0.15) is 0 Å². The number of aryl methyl sites for hydroxylation is 2. The number of benzene rings is 1. The number of aromatic nitrogens is 2. The molecule has 1 aromatic heterocycles. The van der Waals surface area contributed by atoms with Crippen molar-refractivity contribution in [2.75, 3.05) is 5.32 Å². The van der Waals surface area contributed by atoms with Crippen LogP contribution in [-0.2, 0) is 6.42 Å². The molecule has 0 aliphatic heterocycles. The smallest absolute Gasteiger partial charge is 0.207 e. The third-order valence-corrected chi connectivity index (χ3v) is 3.60. The molecule has 18 heavy (non-hydrogen) atoms. The fraction of sp³-hybridized carbons (Fsp3) is 0.400. The van der Waals surface area contributed by atoms with Gasteiger partial charge in [0.05, 0.1) is 0 Å². The minimum absolute atomic E-state index is 0.658. The van der Waals surface area contributed by atoms with Crippen molar-refractivity contribution in [1.29, 1.82) is 0 Å². The molecule has 1 N–H and O–H groups in total. The second-order valence-corrected chi connectivity index (χ2v) is 5.01. The molecule has 3 nitrogen and oxygen atoms in total. The predicted molar refractivity (Wildman–Crippen MR) is 74.3 cm³/mol.